The molecule has 0 spiro atoms. The van der Waals surface area contributed by atoms with Crippen molar-refractivity contribution in [3.8, 4) is 0 Å². The first-order chi connectivity index (χ1) is 10.4. The van der Waals surface area contributed by atoms with Gasteiger partial charge in [0.05, 0.1) is 5.39 Å². The van der Waals surface area contributed by atoms with Gasteiger partial charge < -0.3 is 0 Å². The van der Waals surface area contributed by atoms with Crippen molar-refractivity contribution in [1.82, 2.24) is 19.7 Å². The van der Waals surface area contributed by atoms with Crippen LogP contribution in [0.15, 0.2) is 15.7 Å². The molecule has 0 saturated heterocycles. The molecule has 10 heteroatoms. The van der Waals surface area contributed by atoms with Crippen LogP contribution in [0.1, 0.15) is 9.88 Å². The van der Waals surface area contributed by atoms with E-state index in [9.17, 15) is 14.4 Å². The number of hydrogen-bond acceptors (Lipinski definition) is 7. The summed E-state index contributed by atoms with van der Waals surface area (Å²) < 4.78 is 0.873. The van der Waals surface area contributed by atoms with Crippen LogP contribution in [0.2, 0.25) is 0 Å². The third-order valence-corrected chi connectivity index (χ3v) is 4.59. The van der Waals surface area contributed by atoms with Crippen LogP contribution in [-0.4, -0.2) is 25.7 Å². The number of aryl methyl sites for hydroxylation is 2. The molecule has 114 valence electrons. The number of thiophene rings is 1. The van der Waals surface area contributed by atoms with Crippen LogP contribution in [0.3, 0.4) is 0 Å². The minimum absolute atomic E-state index is 0.333. The average Bonchev–Trinajstić information content (AvgIpc) is 3.00. The van der Waals surface area contributed by atoms with Gasteiger partial charge in [0.25, 0.3) is 5.56 Å². The monoisotopic (exact) mass is 337 g/mol. The molecule has 0 unspecified atom stereocenters. The predicted molar refractivity (Wildman–Crippen MR) is 84.7 cm³/mol. The van der Waals surface area contributed by atoms with Crippen molar-refractivity contribution in [2.45, 2.75) is 20.4 Å². The van der Waals surface area contributed by atoms with Gasteiger partial charge in [-0.2, -0.15) is 0 Å². The van der Waals surface area contributed by atoms with Crippen LogP contribution in [0.4, 0.5) is 5.13 Å². The summed E-state index contributed by atoms with van der Waals surface area (Å²) in [6.45, 7) is 3.23. The van der Waals surface area contributed by atoms with E-state index in [4.69, 9.17) is 0 Å². The molecule has 0 aliphatic heterocycles. The first-order valence-electron chi connectivity index (χ1n) is 6.27. The summed E-state index contributed by atoms with van der Waals surface area (Å²) in [5, 5.41) is 11.5. The molecule has 0 bridgehead atoms. The Balaban J connectivity index is 1.91. The fourth-order valence-corrected chi connectivity index (χ4v) is 3.46. The lowest BCUT2D eigenvalue weighted by Gasteiger charge is -2.04. The Labute approximate surface area is 131 Å². The van der Waals surface area contributed by atoms with Crippen LogP contribution >= 0.6 is 22.7 Å². The first-order valence-corrected chi connectivity index (χ1v) is 7.90. The predicted octanol–water partition coefficient (Wildman–Crippen LogP) is 0.858. The van der Waals surface area contributed by atoms with Gasteiger partial charge in [-0.3, -0.25) is 24.5 Å². The van der Waals surface area contributed by atoms with E-state index in [0.717, 1.165) is 9.44 Å². The van der Waals surface area contributed by atoms with E-state index in [-0.39, 0.29) is 6.54 Å². The van der Waals surface area contributed by atoms with Crippen LogP contribution < -0.4 is 16.6 Å². The summed E-state index contributed by atoms with van der Waals surface area (Å²) in [5.41, 5.74) is -1.09. The number of rotatable bonds is 3. The zero-order valence-corrected chi connectivity index (χ0v) is 13.3. The van der Waals surface area contributed by atoms with Crippen molar-refractivity contribution in [3.63, 3.8) is 0 Å². The second-order valence-corrected chi connectivity index (χ2v) is 7.03. The Hall–Kier alpha value is -2.33. The van der Waals surface area contributed by atoms with E-state index >= 15 is 0 Å². The molecule has 0 aliphatic rings. The van der Waals surface area contributed by atoms with Gasteiger partial charge >= 0.3 is 5.69 Å². The summed E-state index contributed by atoms with van der Waals surface area (Å²) >= 11 is 2.54. The quantitative estimate of drug-likeness (QED) is 0.736. The number of hydrogen-bond donors (Lipinski definition) is 2. The van der Waals surface area contributed by atoms with E-state index in [1.807, 2.05) is 6.92 Å². The molecule has 0 aromatic carbocycles. The third-order valence-electron chi connectivity index (χ3n) is 2.87. The number of carbonyl (C=O) groups is 1. The van der Waals surface area contributed by atoms with Gasteiger partial charge in [0.15, 0.2) is 0 Å². The zero-order valence-electron chi connectivity index (χ0n) is 11.7. The Morgan fingerprint density at radius 2 is 2.09 bits per heavy atom. The Morgan fingerprint density at radius 1 is 1.32 bits per heavy atom. The van der Waals surface area contributed by atoms with Gasteiger partial charge in [-0.1, -0.05) is 11.3 Å². The maximum absolute atomic E-state index is 12.3. The number of anilines is 1. The third kappa shape index (κ3) is 2.70. The average molecular weight is 337 g/mol. The highest BCUT2D eigenvalue weighted by atomic mass is 32.1. The number of nitrogens with zero attached hydrogens (tertiary/aromatic N) is 3. The van der Waals surface area contributed by atoms with E-state index in [0.29, 0.717) is 20.4 Å². The summed E-state index contributed by atoms with van der Waals surface area (Å²) in [6.07, 6.45) is 0. The molecule has 1 amide bonds. The molecule has 3 rings (SSSR count). The fourth-order valence-electron chi connectivity index (χ4n) is 1.96. The Bertz CT molecular complexity index is 981. The van der Waals surface area contributed by atoms with E-state index in [1.165, 1.54) is 22.7 Å². The molecule has 22 heavy (non-hydrogen) atoms. The maximum Gasteiger partial charge on any atom is 0.329 e. The Morgan fingerprint density at radius 3 is 2.77 bits per heavy atom. The zero-order chi connectivity index (χ0) is 15.9. The number of nitrogens with one attached hydrogen (secondary N) is 2. The summed E-state index contributed by atoms with van der Waals surface area (Å²) in [5.74, 6) is -0.505. The molecule has 3 aromatic rings. The lowest BCUT2D eigenvalue weighted by atomic mass is 10.3. The van der Waals surface area contributed by atoms with E-state index < -0.39 is 17.2 Å². The van der Waals surface area contributed by atoms with Gasteiger partial charge in [0.1, 0.15) is 16.4 Å². The van der Waals surface area contributed by atoms with Crippen molar-refractivity contribution >= 4 is 43.9 Å². The van der Waals surface area contributed by atoms with E-state index in [1.54, 1.807) is 13.0 Å². The SMILES string of the molecule is Cc1cc2c(=O)n(CC(=O)Nc3nnc(C)s3)c(=O)[nH]c2s1. The molecule has 3 heterocycles. The number of aromatic nitrogens is 4. The Kier molecular flexibility index (Phi) is 3.62. The first kappa shape index (κ1) is 14.6. The molecule has 0 saturated carbocycles. The summed E-state index contributed by atoms with van der Waals surface area (Å²) in [7, 11) is 0. The van der Waals surface area contributed by atoms with Crippen molar-refractivity contribution in [3.05, 3.63) is 36.8 Å². The van der Waals surface area contributed by atoms with Crippen LogP contribution in [-0.2, 0) is 11.3 Å². The molecule has 0 atom stereocenters. The minimum Gasteiger partial charge on any atom is -0.299 e. The lowest BCUT2D eigenvalue weighted by molar-refractivity contribution is -0.116. The number of amides is 1. The summed E-state index contributed by atoms with van der Waals surface area (Å²) in [6, 6.07) is 1.70. The standard InChI is InChI=1S/C12H11N5O3S2/c1-5-3-7-9(21-5)14-12(20)17(10(7)19)4-8(18)13-11-16-15-6(2)22-11/h3H,4H2,1-2H3,(H,14,20)(H,13,16,18). The van der Waals surface area contributed by atoms with Crippen molar-refractivity contribution in [2.75, 3.05) is 5.32 Å². The molecular weight excluding hydrogens is 326 g/mol. The van der Waals surface area contributed by atoms with Gasteiger partial charge in [0, 0.05) is 4.88 Å². The molecule has 3 aromatic heterocycles. The topological polar surface area (TPSA) is 110 Å². The second kappa shape index (κ2) is 5.46. The smallest absolute Gasteiger partial charge is 0.299 e. The molecule has 8 nitrogen and oxygen atoms in total. The van der Waals surface area contributed by atoms with Crippen molar-refractivity contribution < 1.29 is 4.79 Å². The van der Waals surface area contributed by atoms with Gasteiger partial charge in [0.2, 0.25) is 11.0 Å². The molecule has 0 aliphatic carbocycles. The van der Waals surface area contributed by atoms with Crippen LogP contribution in [0, 0.1) is 13.8 Å². The minimum atomic E-state index is -0.608. The lowest BCUT2D eigenvalue weighted by Crippen LogP contribution is -2.38. The van der Waals surface area contributed by atoms with Gasteiger partial charge in [-0.05, 0) is 19.9 Å². The number of aromatic amines is 1. The van der Waals surface area contributed by atoms with Crippen molar-refractivity contribution in [1.29, 1.82) is 0 Å². The molecule has 0 radical (unpaired) electrons. The van der Waals surface area contributed by atoms with Crippen molar-refractivity contribution in [2.24, 2.45) is 0 Å². The highest BCUT2D eigenvalue weighted by Crippen LogP contribution is 2.18. The van der Waals surface area contributed by atoms with Crippen LogP contribution in [0.5, 0.6) is 0 Å². The number of carbonyl (C=O) groups excluding carboxylic acids is 1. The molecular formula is C12H11N5O3S2. The largest absolute Gasteiger partial charge is 0.329 e. The maximum atomic E-state index is 12.3. The normalized spacial score (nSPS) is 11.0. The summed E-state index contributed by atoms with van der Waals surface area (Å²) in [4.78, 5) is 40.3. The molecule has 2 N–H and O–H groups in total. The fraction of sp³-hybridized carbons (Fsp3) is 0.250. The van der Waals surface area contributed by atoms with Gasteiger partial charge in [-0.15, -0.1) is 21.5 Å². The molecule has 0 fully saturated rings. The highest BCUT2D eigenvalue weighted by molar-refractivity contribution is 7.18. The highest BCUT2D eigenvalue weighted by Gasteiger charge is 2.14. The second-order valence-electron chi connectivity index (χ2n) is 4.60. The van der Waals surface area contributed by atoms with E-state index in [2.05, 4.69) is 20.5 Å². The number of H-pyrrole nitrogens is 1. The van der Waals surface area contributed by atoms with Gasteiger partial charge in [-0.25, -0.2) is 4.79 Å². The number of fused-ring (bicyclic) bond motifs is 1. The van der Waals surface area contributed by atoms with Crippen LogP contribution in [0.25, 0.3) is 10.2 Å².